The molecule has 0 atom stereocenters. The molecule has 0 fully saturated rings. The Balaban J connectivity index is 1.57. The third kappa shape index (κ3) is 3.11. The molecule has 1 heterocycles. The van der Waals surface area contributed by atoms with Gasteiger partial charge in [-0.2, -0.15) is 0 Å². The highest BCUT2D eigenvalue weighted by molar-refractivity contribution is 5.89. The third-order valence-corrected chi connectivity index (χ3v) is 3.69. The highest BCUT2D eigenvalue weighted by Gasteiger charge is 2.06. The first-order valence-corrected chi connectivity index (χ1v) is 7.37. The fourth-order valence-corrected chi connectivity index (χ4v) is 2.63. The van der Waals surface area contributed by atoms with Gasteiger partial charge in [0.25, 0.3) is 0 Å². The van der Waals surface area contributed by atoms with Crippen molar-refractivity contribution in [1.29, 1.82) is 0 Å². The van der Waals surface area contributed by atoms with Crippen LogP contribution in [0.5, 0.6) is 0 Å². The summed E-state index contributed by atoms with van der Waals surface area (Å²) in [5.74, 6) is 0. The van der Waals surface area contributed by atoms with Crippen molar-refractivity contribution in [2.45, 2.75) is 6.42 Å². The van der Waals surface area contributed by atoms with Gasteiger partial charge in [0.05, 0.1) is 0 Å². The van der Waals surface area contributed by atoms with E-state index in [1.807, 2.05) is 49.5 Å². The van der Waals surface area contributed by atoms with Crippen LogP contribution in [0.2, 0.25) is 0 Å². The van der Waals surface area contributed by atoms with Crippen molar-refractivity contribution in [2.24, 2.45) is 7.05 Å². The first-order valence-electron chi connectivity index (χ1n) is 7.37. The number of nitrogens with zero attached hydrogens (tertiary/aromatic N) is 1. The predicted octanol–water partition coefficient (Wildman–Crippen LogP) is 3.54. The fourth-order valence-electron chi connectivity index (χ4n) is 2.63. The number of rotatable bonds is 4. The van der Waals surface area contributed by atoms with Gasteiger partial charge in [-0.05, 0) is 30.2 Å². The van der Waals surface area contributed by atoms with Crippen LogP contribution in [-0.2, 0) is 13.5 Å². The number of aryl methyl sites for hydroxylation is 1. The van der Waals surface area contributed by atoms with E-state index in [-0.39, 0.29) is 6.03 Å². The number of para-hydroxylation sites is 2. The summed E-state index contributed by atoms with van der Waals surface area (Å²) < 4.78 is 2.12. The van der Waals surface area contributed by atoms with Gasteiger partial charge in [-0.3, -0.25) is 0 Å². The molecule has 3 aromatic rings. The molecule has 0 aliphatic carbocycles. The summed E-state index contributed by atoms with van der Waals surface area (Å²) in [7, 11) is 2.04. The standard InChI is InChI=1S/C18H19N3O/c1-21-13-14(16-9-5-6-10-17(16)21)11-12-19-18(22)20-15-7-3-2-4-8-15/h2-10,13H,11-12H2,1H3,(H2,19,20,22). The van der Waals surface area contributed by atoms with E-state index in [1.165, 1.54) is 16.5 Å². The summed E-state index contributed by atoms with van der Waals surface area (Å²) >= 11 is 0. The highest BCUT2D eigenvalue weighted by atomic mass is 16.2. The van der Waals surface area contributed by atoms with E-state index < -0.39 is 0 Å². The van der Waals surface area contributed by atoms with Crippen molar-refractivity contribution in [3.63, 3.8) is 0 Å². The number of amides is 2. The minimum Gasteiger partial charge on any atom is -0.350 e. The summed E-state index contributed by atoms with van der Waals surface area (Å²) in [5.41, 5.74) is 3.26. The average Bonchev–Trinajstić information content (AvgIpc) is 2.85. The van der Waals surface area contributed by atoms with Gasteiger partial charge in [-0.25, -0.2) is 4.79 Å². The van der Waals surface area contributed by atoms with Gasteiger partial charge in [0.2, 0.25) is 0 Å². The monoisotopic (exact) mass is 293 g/mol. The van der Waals surface area contributed by atoms with Crippen LogP contribution in [0.15, 0.2) is 60.8 Å². The lowest BCUT2D eigenvalue weighted by Crippen LogP contribution is -2.30. The van der Waals surface area contributed by atoms with Crippen LogP contribution < -0.4 is 10.6 Å². The van der Waals surface area contributed by atoms with Crippen molar-refractivity contribution in [1.82, 2.24) is 9.88 Å². The molecule has 0 saturated heterocycles. The van der Waals surface area contributed by atoms with E-state index in [0.717, 1.165) is 12.1 Å². The van der Waals surface area contributed by atoms with E-state index in [2.05, 4.69) is 33.5 Å². The summed E-state index contributed by atoms with van der Waals surface area (Å²) in [6.45, 7) is 0.604. The highest BCUT2D eigenvalue weighted by Crippen LogP contribution is 2.20. The first kappa shape index (κ1) is 14.2. The van der Waals surface area contributed by atoms with Gasteiger partial charge in [-0.15, -0.1) is 0 Å². The smallest absolute Gasteiger partial charge is 0.319 e. The van der Waals surface area contributed by atoms with Crippen LogP contribution in [0.3, 0.4) is 0 Å². The Labute approximate surface area is 129 Å². The molecule has 0 bridgehead atoms. The van der Waals surface area contributed by atoms with E-state index >= 15 is 0 Å². The van der Waals surface area contributed by atoms with Gasteiger partial charge < -0.3 is 15.2 Å². The molecular formula is C18H19N3O. The number of carbonyl (C=O) groups excluding carboxylic acids is 1. The van der Waals surface area contributed by atoms with Crippen LogP contribution in [-0.4, -0.2) is 17.1 Å². The molecule has 112 valence electrons. The Kier molecular flexibility index (Phi) is 4.10. The minimum atomic E-state index is -0.175. The number of benzene rings is 2. The van der Waals surface area contributed by atoms with E-state index in [1.54, 1.807) is 0 Å². The Hall–Kier alpha value is -2.75. The number of hydrogen-bond acceptors (Lipinski definition) is 1. The van der Waals surface area contributed by atoms with Crippen LogP contribution >= 0.6 is 0 Å². The Morgan fingerprint density at radius 1 is 1.05 bits per heavy atom. The second-order valence-corrected chi connectivity index (χ2v) is 5.28. The molecule has 4 nitrogen and oxygen atoms in total. The average molecular weight is 293 g/mol. The number of anilines is 1. The number of hydrogen-bond donors (Lipinski definition) is 2. The van der Waals surface area contributed by atoms with E-state index in [0.29, 0.717) is 6.54 Å². The second kappa shape index (κ2) is 6.35. The maximum atomic E-state index is 11.8. The number of carbonyl (C=O) groups is 1. The Morgan fingerprint density at radius 2 is 1.77 bits per heavy atom. The molecule has 4 heteroatoms. The molecular weight excluding hydrogens is 274 g/mol. The van der Waals surface area contributed by atoms with Crippen molar-refractivity contribution in [2.75, 3.05) is 11.9 Å². The molecule has 2 N–H and O–H groups in total. The zero-order valence-corrected chi connectivity index (χ0v) is 12.5. The van der Waals surface area contributed by atoms with Crippen molar-refractivity contribution >= 4 is 22.6 Å². The number of aromatic nitrogens is 1. The van der Waals surface area contributed by atoms with Crippen molar-refractivity contribution in [3.05, 3.63) is 66.4 Å². The zero-order chi connectivity index (χ0) is 15.4. The normalized spacial score (nSPS) is 10.6. The fraction of sp³-hybridized carbons (Fsp3) is 0.167. The second-order valence-electron chi connectivity index (χ2n) is 5.28. The third-order valence-electron chi connectivity index (χ3n) is 3.69. The lowest BCUT2D eigenvalue weighted by atomic mass is 10.1. The first-order chi connectivity index (χ1) is 10.7. The summed E-state index contributed by atoms with van der Waals surface area (Å²) in [5, 5.41) is 6.96. The van der Waals surface area contributed by atoms with Gasteiger partial charge in [0, 0.05) is 36.4 Å². The minimum absolute atomic E-state index is 0.175. The summed E-state index contributed by atoms with van der Waals surface area (Å²) in [6.07, 6.45) is 2.94. The molecule has 0 aliphatic rings. The lowest BCUT2D eigenvalue weighted by molar-refractivity contribution is 0.252. The molecule has 22 heavy (non-hydrogen) atoms. The quantitative estimate of drug-likeness (QED) is 0.759. The van der Waals surface area contributed by atoms with Gasteiger partial charge in [0.1, 0.15) is 0 Å². The summed E-state index contributed by atoms with van der Waals surface area (Å²) in [4.78, 5) is 11.8. The Morgan fingerprint density at radius 3 is 2.59 bits per heavy atom. The molecule has 0 aliphatic heterocycles. The van der Waals surface area contributed by atoms with E-state index in [4.69, 9.17) is 0 Å². The van der Waals surface area contributed by atoms with Gasteiger partial charge in [0.15, 0.2) is 0 Å². The zero-order valence-electron chi connectivity index (χ0n) is 12.5. The molecule has 2 aromatic carbocycles. The summed E-state index contributed by atoms with van der Waals surface area (Å²) in [6, 6.07) is 17.6. The van der Waals surface area contributed by atoms with Crippen LogP contribution in [0, 0.1) is 0 Å². The molecule has 0 saturated carbocycles. The molecule has 0 radical (unpaired) electrons. The molecule has 0 unspecified atom stereocenters. The van der Waals surface area contributed by atoms with Crippen LogP contribution in [0.25, 0.3) is 10.9 Å². The topological polar surface area (TPSA) is 46.1 Å². The molecule has 1 aromatic heterocycles. The molecule has 0 spiro atoms. The number of nitrogens with one attached hydrogen (secondary N) is 2. The predicted molar refractivity (Wildman–Crippen MR) is 90.1 cm³/mol. The van der Waals surface area contributed by atoms with Crippen LogP contribution in [0.4, 0.5) is 10.5 Å². The van der Waals surface area contributed by atoms with E-state index in [9.17, 15) is 4.79 Å². The number of urea groups is 1. The van der Waals surface area contributed by atoms with Crippen molar-refractivity contribution in [3.8, 4) is 0 Å². The van der Waals surface area contributed by atoms with Crippen LogP contribution in [0.1, 0.15) is 5.56 Å². The maximum Gasteiger partial charge on any atom is 0.319 e. The van der Waals surface area contributed by atoms with Gasteiger partial charge >= 0.3 is 6.03 Å². The Bertz CT molecular complexity index is 777. The number of fused-ring (bicyclic) bond motifs is 1. The largest absolute Gasteiger partial charge is 0.350 e. The SMILES string of the molecule is Cn1cc(CCNC(=O)Nc2ccccc2)c2ccccc21. The lowest BCUT2D eigenvalue weighted by Gasteiger charge is -2.07. The van der Waals surface area contributed by atoms with Crippen molar-refractivity contribution < 1.29 is 4.79 Å². The molecule has 3 rings (SSSR count). The maximum absolute atomic E-state index is 11.8. The van der Waals surface area contributed by atoms with Gasteiger partial charge in [-0.1, -0.05) is 36.4 Å². The molecule has 2 amide bonds.